The Bertz CT molecular complexity index is 445. The van der Waals surface area contributed by atoms with Gasteiger partial charge in [0.2, 0.25) is 0 Å². The van der Waals surface area contributed by atoms with E-state index in [-0.39, 0.29) is 12.4 Å². The van der Waals surface area contributed by atoms with Gasteiger partial charge in [0.15, 0.2) is 11.5 Å². The molecule has 2 N–H and O–H groups in total. The zero-order valence-electron chi connectivity index (χ0n) is 11.1. The number of benzene rings is 1. The number of rotatable bonds is 3. The van der Waals surface area contributed by atoms with Crippen LogP contribution in [0.5, 0.6) is 17.2 Å². The average molecular weight is 264 g/mol. The summed E-state index contributed by atoms with van der Waals surface area (Å²) in [4.78, 5) is 0. The van der Waals surface area contributed by atoms with E-state index < -0.39 is 0 Å². The molecule has 0 radical (unpaired) electrons. The Labute approximate surface area is 113 Å². The van der Waals surface area contributed by atoms with E-state index in [2.05, 4.69) is 0 Å². The molecule has 2 heterocycles. The van der Waals surface area contributed by atoms with Crippen molar-refractivity contribution in [1.29, 1.82) is 0 Å². The molecule has 0 bridgehead atoms. The topological polar surface area (TPSA) is 58.9 Å². The van der Waals surface area contributed by atoms with Crippen LogP contribution in [0.3, 0.4) is 0 Å². The van der Waals surface area contributed by atoms with Gasteiger partial charge in [-0.05, 0) is 38.5 Å². The highest BCUT2D eigenvalue weighted by atomic mass is 16.5. The Balaban J connectivity index is 2.13. The predicted molar refractivity (Wildman–Crippen MR) is 71.1 cm³/mol. The van der Waals surface area contributed by atoms with Crippen LogP contribution < -0.4 is 9.47 Å². The van der Waals surface area contributed by atoms with E-state index in [1.807, 2.05) is 0 Å². The molecular weight excluding hydrogens is 244 g/mol. The first-order chi connectivity index (χ1) is 9.33. The largest absolute Gasteiger partial charge is 0.504 e. The van der Waals surface area contributed by atoms with E-state index in [0.29, 0.717) is 25.4 Å². The number of ether oxygens (including phenoxy) is 2. The predicted octanol–water partition coefficient (Wildman–Crippen LogP) is 1.97. The summed E-state index contributed by atoms with van der Waals surface area (Å²) < 4.78 is 11.5. The van der Waals surface area contributed by atoms with E-state index in [4.69, 9.17) is 14.6 Å². The minimum Gasteiger partial charge on any atom is -0.504 e. The first kappa shape index (κ1) is 12.6. The third-order valence-corrected chi connectivity index (χ3v) is 3.91. The van der Waals surface area contributed by atoms with Gasteiger partial charge in [0.25, 0.3) is 0 Å². The number of aromatic hydroxyl groups is 1. The Morgan fingerprint density at radius 2 is 1.63 bits per heavy atom. The maximum absolute atomic E-state index is 10.4. The van der Waals surface area contributed by atoms with E-state index in [1.54, 1.807) is 0 Å². The van der Waals surface area contributed by atoms with Crippen LogP contribution in [-0.2, 0) is 19.3 Å². The van der Waals surface area contributed by atoms with Crippen molar-refractivity contribution in [2.45, 2.75) is 38.5 Å². The molecule has 0 fully saturated rings. The van der Waals surface area contributed by atoms with Gasteiger partial charge in [-0.1, -0.05) is 0 Å². The molecule has 0 spiro atoms. The molecule has 4 nitrogen and oxygen atoms in total. The molecule has 0 amide bonds. The standard InChI is InChI=1S/C15H20O4/c16-7-1-4-10-11-5-2-9-19-15(11)13(17)12-6-3-8-18-14(10)12/h16-17H,1-9H2. The second kappa shape index (κ2) is 5.29. The lowest BCUT2D eigenvalue weighted by Crippen LogP contribution is -2.17. The monoisotopic (exact) mass is 264 g/mol. The molecule has 3 rings (SSSR count). The van der Waals surface area contributed by atoms with Gasteiger partial charge in [-0.3, -0.25) is 0 Å². The van der Waals surface area contributed by atoms with Crippen molar-refractivity contribution < 1.29 is 19.7 Å². The van der Waals surface area contributed by atoms with Gasteiger partial charge >= 0.3 is 0 Å². The minimum absolute atomic E-state index is 0.172. The molecule has 1 aromatic rings. The number of phenols is 1. The summed E-state index contributed by atoms with van der Waals surface area (Å²) in [5, 5.41) is 19.4. The molecule has 0 aliphatic carbocycles. The fraction of sp³-hybridized carbons (Fsp3) is 0.600. The van der Waals surface area contributed by atoms with Crippen LogP contribution in [0.4, 0.5) is 0 Å². The number of hydrogen-bond donors (Lipinski definition) is 2. The Morgan fingerprint density at radius 3 is 2.37 bits per heavy atom. The van der Waals surface area contributed by atoms with Crippen LogP contribution >= 0.6 is 0 Å². The van der Waals surface area contributed by atoms with Gasteiger partial charge in [0.1, 0.15) is 5.75 Å². The van der Waals surface area contributed by atoms with E-state index in [1.165, 1.54) is 0 Å². The molecule has 0 atom stereocenters. The highest BCUT2D eigenvalue weighted by molar-refractivity contribution is 5.63. The van der Waals surface area contributed by atoms with Gasteiger partial charge in [-0.15, -0.1) is 0 Å². The lowest BCUT2D eigenvalue weighted by Gasteiger charge is -2.28. The summed E-state index contributed by atoms with van der Waals surface area (Å²) in [6.07, 6.45) is 5.15. The molecular formula is C15H20O4. The summed E-state index contributed by atoms with van der Waals surface area (Å²) in [7, 11) is 0. The van der Waals surface area contributed by atoms with Crippen LogP contribution in [-0.4, -0.2) is 30.0 Å². The molecule has 2 aliphatic heterocycles. The lowest BCUT2D eigenvalue weighted by atomic mass is 9.90. The third kappa shape index (κ3) is 2.14. The highest BCUT2D eigenvalue weighted by Gasteiger charge is 2.28. The van der Waals surface area contributed by atoms with Gasteiger partial charge in [-0.25, -0.2) is 0 Å². The van der Waals surface area contributed by atoms with Crippen molar-refractivity contribution in [1.82, 2.24) is 0 Å². The second-order valence-corrected chi connectivity index (χ2v) is 5.17. The lowest BCUT2D eigenvalue weighted by molar-refractivity contribution is 0.251. The van der Waals surface area contributed by atoms with Crippen LogP contribution in [0.15, 0.2) is 0 Å². The average Bonchev–Trinajstić information content (AvgIpc) is 2.47. The fourth-order valence-electron chi connectivity index (χ4n) is 3.04. The summed E-state index contributed by atoms with van der Waals surface area (Å²) in [6.45, 7) is 1.54. The van der Waals surface area contributed by atoms with Crippen molar-refractivity contribution in [3.8, 4) is 17.2 Å². The molecule has 0 saturated heterocycles. The third-order valence-electron chi connectivity index (χ3n) is 3.91. The summed E-state index contributed by atoms with van der Waals surface area (Å²) in [5.41, 5.74) is 3.11. The second-order valence-electron chi connectivity index (χ2n) is 5.17. The van der Waals surface area contributed by atoms with Crippen molar-refractivity contribution in [3.63, 3.8) is 0 Å². The van der Waals surface area contributed by atoms with Crippen molar-refractivity contribution >= 4 is 0 Å². The molecule has 19 heavy (non-hydrogen) atoms. The number of phenolic OH excluding ortho intramolecular Hbond substituents is 1. The minimum atomic E-state index is 0.172. The van der Waals surface area contributed by atoms with Crippen molar-refractivity contribution in [2.75, 3.05) is 19.8 Å². The van der Waals surface area contributed by atoms with E-state index >= 15 is 0 Å². The molecule has 0 saturated carbocycles. The molecule has 2 aliphatic rings. The number of hydrogen-bond acceptors (Lipinski definition) is 4. The Morgan fingerprint density at radius 1 is 0.947 bits per heavy atom. The van der Waals surface area contributed by atoms with Crippen LogP contribution in [0.25, 0.3) is 0 Å². The van der Waals surface area contributed by atoms with E-state index in [9.17, 15) is 5.11 Å². The van der Waals surface area contributed by atoms with Crippen molar-refractivity contribution in [2.24, 2.45) is 0 Å². The SMILES string of the molecule is OCCCc1c2c(c(O)c3c1OCCC3)OCCC2. The quantitative estimate of drug-likeness (QED) is 0.876. The summed E-state index contributed by atoms with van der Waals surface area (Å²) in [6, 6.07) is 0. The number of fused-ring (bicyclic) bond motifs is 2. The first-order valence-electron chi connectivity index (χ1n) is 7.09. The van der Waals surface area contributed by atoms with Crippen LogP contribution in [0.1, 0.15) is 36.0 Å². The van der Waals surface area contributed by atoms with E-state index in [0.717, 1.165) is 54.5 Å². The summed E-state index contributed by atoms with van der Waals surface area (Å²) >= 11 is 0. The maximum Gasteiger partial charge on any atom is 0.164 e. The molecule has 1 aromatic carbocycles. The van der Waals surface area contributed by atoms with Crippen LogP contribution in [0, 0.1) is 0 Å². The summed E-state index contributed by atoms with van der Waals surface area (Å²) in [5.74, 6) is 1.78. The normalized spacial score (nSPS) is 17.1. The van der Waals surface area contributed by atoms with Gasteiger partial charge in [0.05, 0.1) is 13.2 Å². The van der Waals surface area contributed by atoms with Gasteiger partial charge < -0.3 is 19.7 Å². The zero-order valence-corrected chi connectivity index (χ0v) is 11.1. The number of aliphatic hydroxyl groups is 1. The molecule has 0 unspecified atom stereocenters. The molecule has 0 aromatic heterocycles. The van der Waals surface area contributed by atoms with Gasteiger partial charge in [0, 0.05) is 23.3 Å². The Kier molecular flexibility index (Phi) is 3.51. The van der Waals surface area contributed by atoms with Gasteiger partial charge in [-0.2, -0.15) is 0 Å². The maximum atomic E-state index is 10.4. The molecule has 104 valence electrons. The van der Waals surface area contributed by atoms with Crippen molar-refractivity contribution in [3.05, 3.63) is 16.7 Å². The zero-order chi connectivity index (χ0) is 13.2. The number of aliphatic hydroxyl groups excluding tert-OH is 1. The van der Waals surface area contributed by atoms with Crippen LogP contribution in [0.2, 0.25) is 0 Å². The highest BCUT2D eigenvalue weighted by Crippen LogP contribution is 2.47. The molecule has 4 heteroatoms. The first-order valence-corrected chi connectivity index (χ1v) is 7.09. The fourth-order valence-corrected chi connectivity index (χ4v) is 3.04. The Hall–Kier alpha value is -1.42. The smallest absolute Gasteiger partial charge is 0.164 e.